The van der Waals surface area contributed by atoms with Crippen molar-refractivity contribution in [2.24, 2.45) is 41.2 Å². The molecule has 0 saturated carbocycles. The minimum Gasteiger partial charge on any atom is -0.480 e. The first-order valence-electron chi connectivity index (χ1n) is 15.1. The van der Waals surface area contributed by atoms with Crippen LogP contribution in [0.2, 0.25) is 0 Å². The summed E-state index contributed by atoms with van der Waals surface area (Å²) in [5, 5.41) is 22.7. The van der Waals surface area contributed by atoms with Crippen LogP contribution in [0.5, 0.6) is 0 Å². The van der Waals surface area contributed by atoms with Gasteiger partial charge in [-0.25, -0.2) is 4.79 Å². The molecule has 0 aliphatic carbocycles. The maximum atomic E-state index is 13.4. The normalized spacial score (nSPS) is 16.0. The van der Waals surface area contributed by atoms with Crippen LogP contribution in [-0.2, 0) is 28.8 Å². The number of carbonyl (C=O) groups excluding carboxylic acids is 5. The van der Waals surface area contributed by atoms with E-state index in [1.54, 1.807) is 83.1 Å². The summed E-state index contributed by atoms with van der Waals surface area (Å²) < 4.78 is 0. The highest BCUT2D eigenvalue weighted by Crippen LogP contribution is 2.12. The number of aliphatic carboxylic acids is 1. The lowest BCUT2D eigenvalue weighted by molar-refractivity contribution is -0.144. The lowest BCUT2D eigenvalue weighted by Gasteiger charge is -2.31. The summed E-state index contributed by atoms with van der Waals surface area (Å²) in [5.74, 6) is -6.09. The summed E-state index contributed by atoms with van der Waals surface area (Å²) in [4.78, 5) is 77.2. The molecule has 0 heterocycles. The molecule has 0 spiro atoms. The summed E-state index contributed by atoms with van der Waals surface area (Å²) in [5.41, 5.74) is 5.94. The predicted molar refractivity (Wildman–Crippen MR) is 164 cm³/mol. The number of hydrogen-bond donors (Lipinski definition) is 7. The van der Waals surface area contributed by atoms with Crippen molar-refractivity contribution in [3.05, 3.63) is 0 Å². The highest BCUT2D eigenvalue weighted by atomic mass is 16.4. The molecule has 0 aromatic rings. The minimum absolute atomic E-state index is 0.139. The molecule has 5 amide bonds. The highest BCUT2D eigenvalue weighted by Gasteiger charge is 2.36. The van der Waals surface area contributed by atoms with Crippen LogP contribution in [0.4, 0.5) is 0 Å². The van der Waals surface area contributed by atoms with Crippen molar-refractivity contribution in [2.45, 2.75) is 119 Å². The van der Waals surface area contributed by atoms with Gasteiger partial charge >= 0.3 is 5.97 Å². The maximum Gasteiger partial charge on any atom is 0.326 e. The van der Waals surface area contributed by atoms with Crippen molar-refractivity contribution in [1.82, 2.24) is 26.6 Å². The van der Waals surface area contributed by atoms with Crippen LogP contribution in [-0.4, -0.2) is 76.9 Å². The van der Waals surface area contributed by atoms with E-state index in [0.717, 1.165) is 0 Å². The average Bonchev–Trinajstić information content (AvgIpc) is 2.87. The van der Waals surface area contributed by atoms with Crippen LogP contribution >= 0.6 is 0 Å². The number of carboxylic acids is 1. The molecule has 0 aromatic heterocycles. The van der Waals surface area contributed by atoms with Crippen molar-refractivity contribution in [3.8, 4) is 0 Å². The second-order valence-corrected chi connectivity index (χ2v) is 13.3. The number of carbonyl (C=O) groups is 6. The van der Waals surface area contributed by atoms with Gasteiger partial charge in [-0.15, -0.1) is 0 Å². The highest BCUT2D eigenvalue weighted by molar-refractivity contribution is 5.96. The fourth-order valence-corrected chi connectivity index (χ4v) is 4.18. The monoisotopic (exact) mass is 612 g/mol. The molecule has 0 unspecified atom stereocenters. The molecule has 0 aliphatic rings. The first-order chi connectivity index (χ1) is 19.6. The van der Waals surface area contributed by atoms with Gasteiger partial charge in [-0.2, -0.15) is 0 Å². The van der Waals surface area contributed by atoms with Crippen LogP contribution in [0, 0.1) is 35.5 Å². The van der Waals surface area contributed by atoms with Gasteiger partial charge in [0.05, 0.1) is 6.04 Å². The standard InChI is InChI=1S/C30H56N6O7/c1-13(2)19(31)25(37)32-20(14(3)4)26(38)33-21(15(5)6)27(39)34-22(16(7)8)28(40)35-23(17(9)10)29(41)36-24(18(11)12)30(42)43/h13-24H,31H2,1-12H3,(H,32,37)(H,33,38)(H,34,39)(H,35,40)(H,36,41)(H,42,43)/t19-,20+,21-,22+,23-,24+/m0/s1. The van der Waals surface area contributed by atoms with Crippen molar-refractivity contribution in [1.29, 1.82) is 0 Å². The molecule has 0 rings (SSSR count). The molecular formula is C30H56N6O7. The summed E-state index contributed by atoms with van der Waals surface area (Å²) in [6, 6.07) is -6.04. The quantitative estimate of drug-likeness (QED) is 0.124. The zero-order chi connectivity index (χ0) is 33.9. The number of hydrogen-bond acceptors (Lipinski definition) is 7. The van der Waals surface area contributed by atoms with E-state index in [0.29, 0.717) is 0 Å². The van der Waals surface area contributed by atoms with Crippen molar-refractivity contribution >= 4 is 35.5 Å². The average molecular weight is 613 g/mol. The Morgan fingerprint density at radius 2 is 0.605 bits per heavy atom. The van der Waals surface area contributed by atoms with Gasteiger partial charge in [0.25, 0.3) is 0 Å². The molecule has 0 aliphatic heterocycles. The summed E-state index contributed by atoms with van der Waals surface area (Å²) in [6.07, 6.45) is 0. The second-order valence-electron chi connectivity index (χ2n) is 13.3. The summed E-state index contributed by atoms with van der Waals surface area (Å²) >= 11 is 0. The van der Waals surface area contributed by atoms with E-state index in [9.17, 15) is 33.9 Å². The van der Waals surface area contributed by atoms with Gasteiger partial charge in [-0.1, -0.05) is 83.1 Å². The molecule has 248 valence electrons. The molecule has 0 bridgehead atoms. The summed E-state index contributed by atoms with van der Waals surface area (Å²) in [6.45, 7) is 20.8. The maximum absolute atomic E-state index is 13.4. The van der Waals surface area contributed by atoms with E-state index in [1.165, 1.54) is 0 Å². The number of nitrogens with two attached hydrogens (primary N) is 1. The lowest BCUT2D eigenvalue weighted by atomic mass is 9.96. The Balaban J connectivity index is 5.85. The fraction of sp³-hybridized carbons (Fsp3) is 0.800. The van der Waals surface area contributed by atoms with Gasteiger partial charge in [0.2, 0.25) is 29.5 Å². The van der Waals surface area contributed by atoms with Crippen molar-refractivity contribution < 1.29 is 33.9 Å². The third kappa shape index (κ3) is 12.5. The molecule has 43 heavy (non-hydrogen) atoms. The van der Waals surface area contributed by atoms with E-state index < -0.39 is 77.7 Å². The van der Waals surface area contributed by atoms with E-state index in [2.05, 4.69) is 26.6 Å². The van der Waals surface area contributed by atoms with Crippen LogP contribution in [0.1, 0.15) is 83.1 Å². The van der Waals surface area contributed by atoms with Gasteiger partial charge in [0.15, 0.2) is 0 Å². The van der Waals surface area contributed by atoms with E-state index >= 15 is 0 Å². The molecular weight excluding hydrogens is 556 g/mol. The van der Waals surface area contributed by atoms with Crippen molar-refractivity contribution in [3.63, 3.8) is 0 Å². The smallest absolute Gasteiger partial charge is 0.326 e. The van der Waals surface area contributed by atoms with Gasteiger partial charge in [-0.3, -0.25) is 24.0 Å². The van der Waals surface area contributed by atoms with Crippen LogP contribution in [0.3, 0.4) is 0 Å². The van der Waals surface area contributed by atoms with Crippen LogP contribution < -0.4 is 32.3 Å². The second kappa shape index (κ2) is 17.8. The Morgan fingerprint density at radius 3 is 0.791 bits per heavy atom. The first-order valence-corrected chi connectivity index (χ1v) is 15.1. The Hall–Kier alpha value is -3.22. The molecule has 6 atom stereocenters. The minimum atomic E-state index is -1.19. The van der Waals surface area contributed by atoms with Gasteiger partial charge < -0.3 is 37.4 Å². The van der Waals surface area contributed by atoms with Gasteiger partial charge in [-0.05, 0) is 35.5 Å². The van der Waals surface area contributed by atoms with Crippen LogP contribution in [0.25, 0.3) is 0 Å². The largest absolute Gasteiger partial charge is 0.480 e. The summed E-state index contributed by atoms with van der Waals surface area (Å²) in [7, 11) is 0. The molecule has 0 radical (unpaired) electrons. The fourth-order valence-electron chi connectivity index (χ4n) is 4.18. The van der Waals surface area contributed by atoms with E-state index in [4.69, 9.17) is 5.73 Å². The van der Waals surface area contributed by atoms with Gasteiger partial charge in [0.1, 0.15) is 30.2 Å². The van der Waals surface area contributed by atoms with E-state index in [-0.39, 0.29) is 29.6 Å². The lowest BCUT2D eigenvalue weighted by Crippen LogP contribution is -2.62. The Morgan fingerprint density at radius 1 is 0.395 bits per heavy atom. The molecule has 0 saturated heterocycles. The van der Waals surface area contributed by atoms with E-state index in [1.807, 2.05) is 0 Å². The number of rotatable bonds is 17. The number of amides is 5. The zero-order valence-electron chi connectivity index (χ0n) is 27.9. The molecule has 13 nitrogen and oxygen atoms in total. The van der Waals surface area contributed by atoms with Crippen LogP contribution in [0.15, 0.2) is 0 Å². The number of carboxylic acid groups (broad SMARTS) is 1. The molecule has 8 N–H and O–H groups in total. The SMILES string of the molecule is CC(C)[C@H](N)C(=O)N[C@@H](C(=O)N[C@H](C(=O)N[C@@H](C(=O)N[C@H](C(=O)N[C@@H](C(=O)O)C(C)C)C(C)C)C(C)C)C(C)C)C(C)C. The Labute approximate surface area is 256 Å². The Bertz CT molecular complexity index is 980. The zero-order valence-corrected chi connectivity index (χ0v) is 27.9. The predicted octanol–water partition coefficient (Wildman–Crippen LogP) is 0.758. The first kappa shape index (κ1) is 39.8. The topological polar surface area (TPSA) is 209 Å². The van der Waals surface area contributed by atoms with Gasteiger partial charge in [0, 0.05) is 0 Å². The molecule has 13 heteroatoms. The third-order valence-electron chi connectivity index (χ3n) is 7.24. The molecule has 0 aromatic carbocycles. The molecule has 0 fully saturated rings. The third-order valence-corrected chi connectivity index (χ3v) is 7.24. The number of nitrogens with one attached hydrogen (secondary N) is 5. The Kier molecular flexibility index (Phi) is 16.5. The van der Waals surface area contributed by atoms with Crippen molar-refractivity contribution in [2.75, 3.05) is 0 Å².